The van der Waals surface area contributed by atoms with Gasteiger partial charge in [-0.3, -0.25) is 14.9 Å². The first-order valence-electron chi connectivity index (χ1n) is 7.58. The standard InChI is InChI=1S/C15H15ClN4O4/c16-12-5-4-11(20(23)24)8-10(12)9-17-19-13(21)15(18-14(19)22)6-2-1-3-7-15/h4-5,8-9H,1-3,6-7H2,(H,18,22)/b17-9-. The van der Waals surface area contributed by atoms with Crippen LogP contribution in [-0.2, 0) is 4.79 Å². The summed E-state index contributed by atoms with van der Waals surface area (Å²) in [7, 11) is 0. The average Bonchev–Trinajstić information content (AvgIpc) is 2.78. The van der Waals surface area contributed by atoms with Crippen molar-refractivity contribution in [2.75, 3.05) is 0 Å². The summed E-state index contributed by atoms with van der Waals surface area (Å²) in [6, 6.07) is 3.29. The monoisotopic (exact) mass is 350 g/mol. The molecule has 1 saturated heterocycles. The maximum Gasteiger partial charge on any atom is 0.346 e. The third-order valence-electron chi connectivity index (χ3n) is 4.35. The minimum Gasteiger partial charge on any atom is -0.321 e. The zero-order chi connectivity index (χ0) is 17.3. The molecule has 1 saturated carbocycles. The van der Waals surface area contributed by atoms with Crippen molar-refractivity contribution in [1.29, 1.82) is 0 Å². The molecule has 1 aromatic rings. The van der Waals surface area contributed by atoms with Crippen molar-refractivity contribution < 1.29 is 14.5 Å². The number of imide groups is 1. The molecular weight excluding hydrogens is 336 g/mol. The fraction of sp³-hybridized carbons (Fsp3) is 0.400. The number of hydrogen-bond donors (Lipinski definition) is 1. The Morgan fingerprint density at radius 1 is 1.29 bits per heavy atom. The van der Waals surface area contributed by atoms with E-state index in [1.54, 1.807) is 0 Å². The van der Waals surface area contributed by atoms with E-state index in [0.717, 1.165) is 24.3 Å². The summed E-state index contributed by atoms with van der Waals surface area (Å²) in [6.45, 7) is 0. The maximum absolute atomic E-state index is 12.6. The summed E-state index contributed by atoms with van der Waals surface area (Å²) in [6.07, 6.45) is 5.18. The molecule has 0 aromatic heterocycles. The maximum atomic E-state index is 12.6. The van der Waals surface area contributed by atoms with Crippen LogP contribution in [0, 0.1) is 10.1 Å². The van der Waals surface area contributed by atoms with Gasteiger partial charge in [0.05, 0.1) is 11.1 Å². The minimum absolute atomic E-state index is 0.151. The number of non-ortho nitro benzene ring substituents is 1. The predicted molar refractivity (Wildman–Crippen MR) is 86.9 cm³/mol. The molecule has 3 rings (SSSR count). The Bertz CT molecular complexity index is 743. The lowest BCUT2D eigenvalue weighted by molar-refractivity contribution is -0.384. The van der Waals surface area contributed by atoms with Gasteiger partial charge in [0.2, 0.25) is 0 Å². The Labute approximate surface area is 142 Å². The molecule has 3 amide bonds. The lowest BCUT2D eigenvalue weighted by Crippen LogP contribution is -2.48. The van der Waals surface area contributed by atoms with Gasteiger partial charge in [0.15, 0.2) is 0 Å². The Balaban J connectivity index is 1.84. The number of halogens is 1. The van der Waals surface area contributed by atoms with E-state index in [4.69, 9.17) is 11.6 Å². The molecular formula is C15H15ClN4O4. The SMILES string of the molecule is O=C1NC2(CCCCC2)C(=O)N1/N=C\c1cc([N+](=O)[O-])ccc1Cl. The first-order chi connectivity index (χ1) is 11.4. The number of hydrogen-bond acceptors (Lipinski definition) is 5. The molecule has 1 N–H and O–H groups in total. The van der Waals surface area contributed by atoms with Crippen LogP contribution >= 0.6 is 11.6 Å². The predicted octanol–water partition coefficient (Wildman–Crippen LogP) is 2.84. The average molecular weight is 351 g/mol. The number of amides is 3. The van der Waals surface area contributed by atoms with Crippen LogP contribution in [0.2, 0.25) is 5.02 Å². The molecule has 0 atom stereocenters. The number of nitrogens with one attached hydrogen (secondary N) is 1. The van der Waals surface area contributed by atoms with E-state index in [9.17, 15) is 19.7 Å². The first kappa shape index (κ1) is 16.4. The topological polar surface area (TPSA) is 105 Å². The van der Waals surface area contributed by atoms with Gasteiger partial charge in [0, 0.05) is 22.7 Å². The van der Waals surface area contributed by atoms with Crippen LogP contribution in [0.3, 0.4) is 0 Å². The Morgan fingerprint density at radius 3 is 2.67 bits per heavy atom. The van der Waals surface area contributed by atoms with Crippen molar-refractivity contribution in [3.05, 3.63) is 38.9 Å². The summed E-state index contributed by atoms with van der Waals surface area (Å²) >= 11 is 5.98. The highest BCUT2D eigenvalue weighted by Gasteiger charge is 2.51. The third kappa shape index (κ3) is 2.84. The first-order valence-corrected chi connectivity index (χ1v) is 7.95. The van der Waals surface area contributed by atoms with E-state index >= 15 is 0 Å². The van der Waals surface area contributed by atoms with E-state index in [1.807, 2.05) is 0 Å². The van der Waals surface area contributed by atoms with Crippen molar-refractivity contribution in [2.24, 2.45) is 5.10 Å². The second kappa shape index (κ2) is 6.20. The van der Waals surface area contributed by atoms with E-state index < -0.39 is 16.5 Å². The third-order valence-corrected chi connectivity index (χ3v) is 4.69. The number of urea groups is 1. The fourth-order valence-corrected chi connectivity index (χ4v) is 3.24. The highest BCUT2D eigenvalue weighted by molar-refractivity contribution is 6.33. The number of carbonyl (C=O) groups excluding carboxylic acids is 2. The van der Waals surface area contributed by atoms with Gasteiger partial charge in [-0.25, -0.2) is 4.79 Å². The quantitative estimate of drug-likeness (QED) is 0.391. The van der Waals surface area contributed by atoms with Gasteiger partial charge in [-0.15, -0.1) is 5.01 Å². The Kier molecular flexibility index (Phi) is 4.23. The molecule has 2 aliphatic rings. The van der Waals surface area contributed by atoms with Gasteiger partial charge < -0.3 is 5.32 Å². The van der Waals surface area contributed by atoms with Crippen LogP contribution in [0.15, 0.2) is 23.3 Å². The molecule has 1 heterocycles. The van der Waals surface area contributed by atoms with Crippen molar-refractivity contribution >= 4 is 35.4 Å². The molecule has 0 unspecified atom stereocenters. The van der Waals surface area contributed by atoms with Crippen LogP contribution < -0.4 is 5.32 Å². The lowest BCUT2D eigenvalue weighted by atomic mass is 9.82. The second-order valence-electron chi connectivity index (χ2n) is 5.90. The molecule has 1 aliphatic heterocycles. The van der Waals surface area contributed by atoms with Crippen molar-refractivity contribution in [3.63, 3.8) is 0 Å². The van der Waals surface area contributed by atoms with Crippen LogP contribution in [0.25, 0.3) is 0 Å². The smallest absolute Gasteiger partial charge is 0.321 e. The van der Waals surface area contributed by atoms with Crippen LogP contribution in [-0.4, -0.2) is 33.6 Å². The van der Waals surface area contributed by atoms with Crippen molar-refractivity contribution in [1.82, 2.24) is 10.3 Å². The van der Waals surface area contributed by atoms with Gasteiger partial charge in [-0.05, 0) is 18.9 Å². The van der Waals surface area contributed by atoms with Gasteiger partial charge in [0.1, 0.15) is 5.54 Å². The Morgan fingerprint density at radius 2 is 2.00 bits per heavy atom. The molecule has 24 heavy (non-hydrogen) atoms. The molecule has 8 nitrogen and oxygen atoms in total. The van der Waals surface area contributed by atoms with Gasteiger partial charge in [-0.2, -0.15) is 5.10 Å². The molecule has 0 radical (unpaired) electrons. The zero-order valence-corrected chi connectivity index (χ0v) is 13.5. The number of rotatable bonds is 3. The summed E-state index contributed by atoms with van der Waals surface area (Å²) in [5.41, 5.74) is -0.753. The van der Waals surface area contributed by atoms with Gasteiger partial charge in [-0.1, -0.05) is 30.9 Å². The van der Waals surface area contributed by atoms with E-state index in [2.05, 4.69) is 10.4 Å². The number of carbonyl (C=O) groups is 2. The normalized spacial score (nSPS) is 20.0. The van der Waals surface area contributed by atoms with E-state index in [1.165, 1.54) is 24.4 Å². The molecule has 1 aromatic carbocycles. The molecule has 2 fully saturated rings. The number of hydrazone groups is 1. The lowest BCUT2D eigenvalue weighted by Gasteiger charge is -2.29. The summed E-state index contributed by atoms with van der Waals surface area (Å²) in [5.74, 6) is -0.384. The highest BCUT2D eigenvalue weighted by Crippen LogP contribution is 2.33. The molecule has 126 valence electrons. The summed E-state index contributed by atoms with van der Waals surface area (Å²) in [5, 5.41) is 18.5. The fourth-order valence-electron chi connectivity index (χ4n) is 3.07. The summed E-state index contributed by atoms with van der Waals surface area (Å²) < 4.78 is 0. The van der Waals surface area contributed by atoms with Gasteiger partial charge >= 0.3 is 6.03 Å². The number of nitro groups is 1. The summed E-state index contributed by atoms with van der Waals surface area (Å²) in [4.78, 5) is 34.9. The minimum atomic E-state index is -0.862. The molecule has 1 aliphatic carbocycles. The molecule has 1 spiro atoms. The second-order valence-corrected chi connectivity index (χ2v) is 6.30. The number of benzene rings is 1. The van der Waals surface area contributed by atoms with Crippen LogP contribution in [0.1, 0.15) is 37.7 Å². The Hall–Kier alpha value is -2.48. The largest absolute Gasteiger partial charge is 0.346 e. The zero-order valence-electron chi connectivity index (χ0n) is 12.7. The number of nitro benzene ring substituents is 1. The molecule has 0 bridgehead atoms. The van der Waals surface area contributed by atoms with Crippen molar-refractivity contribution in [3.8, 4) is 0 Å². The van der Waals surface area contributed by atoms with Crippen LogP contribution in [0.5, 0.6) is 0 Å². The van der Waals surface area contributed by atoms with Crippen molar-refractivity contribution in [2.45, 2.75) is 37.6 Å². The van der Waals surface area contributed by atoms with E-state index in [-0.39, 0.29) is 22.2 Å². The van der Waals surface area contributed by atoms with Gasteiger partial charge in [0.25, 0.3) is 11.6 Å². The van der Waals surface area contributed by atoms with Crippen LogP contribution in [0.4, 0.5) is 10.5 Å². The number of nitrogens with zero attached hydrogens (tertiary/aromatic N) is 3. The highest BCUT2D eigenvalue weighted by atomic mass is 35.5. The van der Waals surface area contributed by atoms with E-state index in [0.29, 0.717) is 12.8 Å². The molecule has 9 heteroatoms.